The fraction of sp³-hybridized carbons (Fsp3) is 0.400. The Labute approximate surface area is 178 Å². The summed E-state index contributed by atoms with van der Waals surface area (Å²) in [6.07, 6.45) is 5.96. The number of benzene rings is 2. The van der Waals surface area contributed by atoms with Crippen LogP contribution < -0.4 is 5.32 Å². The molecule has 1 saturated heterocycles. The highest BCUT2D eigenvalue weighted by Crippen LogP contribution is 2.21. The van der Waals surface area contributed by atoms with Gasteiger partial charge in [-0.25, -0.2) is 0 Å². The molecule has 1 atom stereocenters. The number of likely N-dealkylation sites (tertiary alicyclic amines) is 1. The summed E-state index contributed by atoms with van der Waals surface area (Å²) in [5, 5.41) is 13.2. The van der Waals surface area contributed by atoms with Gasteiger partial charge in [-0.3, -0.25) is 4.79 Å². The van der Waals surface area contributed by atoms with Crippen molar-refractivity contribution in [2.45, 2.75) is 25.7 Å². The molecule has 1 aliphatic rings. The summed E-state index contributed by atoms with van der Waals surface area (Å²) in [5.74, 6) is 0.650. The third-order valence-electron chi connectivity index (χ3n) is 6.10. The van der Waals surface area contributed by atoms with Gasteiger partial charge in [0.15, 0.2) is 0 Å². The van der Waals surface area contributed by atoms with Crippen LogP contribution >= 0.6 is 0 Å². The molecule has 3 N–H and O–H groups in total. The van der Waals surface area contributed by atoms with Crippen LogP contribution in [0.15, 0.2) is 54.7 Å². The van der Waals surface area contributed by atoms with Crippen LogP contribution in [0.2, 0.25) is 0 Å². The van der Waals surface area contributed by atoms with Crippen LogP contribution in [0.4, 0.5) is 0 Å². The number of carbonyl (C=O) groups excluding carboxylic acids is 1. The van der Waals surface area contributed by atoms with E-state index in [1.165, 1.54) is 22.9 Å². The Balaban J connectivity index is 1.24. The first-order valence-corrected chi connectivity index (χ1v) is 11.0. The number of fused-ring (bicyclic) bond motifs is 1. The first kappa shape index (κ1) is 20.6. The lowest BCUT2D eigenvalue weighted by atomic mass is 9.98. The standard InChI is InChI=1S/C25H31N3O2/c29-15-3-13-28-14-11-20(18-28)16-19-6-8-21(9-7-19)25(30)26-12-10-22-17-27-24-5-2-1-4-23(22)24/h1-2,4-9,17,20,27,29H,3,10-16,18H2,(H,26,30). The zero-order valence-electron chi connectivity index (χ0n) is 17.4. The van der Waals surface area contributed by atoms with E-state index in [0.717, 1.165) is 44.4 Å². The van der Waals surface area contributed by atoms with Gasteiger partial charge in [-0.05, 0) is 67.5 Å². The Morgan fingerprint density at radius 1 is 1.17 bits per heavy atom. The monoisotopic (exact) mass is 405 g/mol. The smallest absolute Gasteiger partial charge is 0.251 e. The van der Waals surface area contributed by atoms with Gasteiger partial charge in [0.1, 0.15) is 0 Å². The van der Waals surface area contributed by atoms with Crippen molar-refractivity contribution in [2.75, 3.05) is 32.8 Å². The SMILES string of the molecule is O=C(NCCc1c[nH]c2ccccc12)c1ccc(CC2CCN(CCCO)C2)cc1. The Kier molecular flexibility index (Phi) is 6.82. The second kappa shape index (κ2) is 9.92. The van der Waals surface area contributed by atoms with Gasteiger partial charge in [0.25, 0.3) is 5.91 Å². The summed E-state index contributed by atoms with van der Waals surface area (Å²) in [6, 6.07) is 16.3. The summed E-state index contributed by atoms with van der Waals surface area (Å²) >= 11 is 0. The topological polar surface area (TPSA) is 68.4 Å². The number of para-hydroxylation sites is 1. The highest BCUT2D eigenvalue weighted by molar-refractivity contribution is 5.94. The number of nitrogens with one attached hydrogen (secondary N) is 2. The lowest BCUT2D eigenvalue weighted by Gasteiger charge is -2.15. The molecule has 2 aromatic carbocycles. The van der Waals surface area contributed by atoms with Gasteiger partial charge in [-0.2, -0.15) is 0 Å². The number of aromatic amines is 1. The van der Waals surface area contributed by atoms with Crippen LogP contribution in [0.3, 0.4) is 0 Å². The summed E-state index contributed by atoms with van der Waals surface area (Å²) in [6.45, 7) is 4.11. The third-order valence-corrected chi connectivity index (χ3v) is 6.10. The van der Waals surface area contributed by atoms with Crippen LogP contribution in [-0.4, -0.2) is 53.7 Å². The van der Waals surface area contributed by atoms with Gasteiger partial charge in [-0.15, -0.1) is 0 Å². The largest absolute Gasteiger partial charge is 0.396 e. The minimum Gasteiger partial charge on any atom is -0.396 e. The third kappa shape index (κ3) is 5.10. The molecule has 1 amide bonds. The molecule has 1 fully saturated rings. The van der Waals surface area contributed by atoms with Crippen molar-refractivity contribution in [2.24, 2.45) is 5.92 Å². The van der Waals surface area contributed by atoms with Crippen molar-refractivity contribution >= 4 is 16.8 Å². The predicted octanol–water partition coefficient (Wildman–Crippen LogP) is 3.39. The average Bonchev–Trinajstić information content (AvgIpc) is 3.40. The van der Waals surface area contributed by atoms with Gasteiger partial charge < -0.3 is 20.3 Å². The maximum absolute atomic E-state index is 12.5. The van der Waals surface area contributed by atoms with Gasteiger partial charge in [0.05, 0.1) is 0 Å². The fourth-order valence-electron chi connectivity index (χ4n) is 4.45. The molecule has 2 heterocycles. The lowest BCUT2D eigenvalue weighted by Crippen LogP contribution is -2.25. The first-order valence-electron chi connectivity index (χ1n) is 11.0. The number of H-pyrrole nitrogens is 1. The molecule has 0 bridgehead atoms. The molecule has 4 rings (SSSR count). The number of nitrogens with zero attached hydrogens (tertiary/aromatic N) is 1. The molecule has 3 aromatic rings. The highest BCUT2D eigenvalue weighted by atomic mass is 16.3. The molecule has 1 unspecified atom stereocenters. The van der Waals surface area contributed by atoms with Crippen LogP contribution in [0.5, 0.6) is 0 Å². The van der Waals surface area contributed by atoms with Crippen molar-refractivity contribution < 1.29 is 9.90 Å². The summed E-state index contributed by atoms with van der Waals surface area (Å²) < 4.78 is 0. The molecular formula is C25H31N3O2. The van der Waals surface area contributed by atoms with Gasteiger partial charge >= 0.3 is 0 Å². The van der Waals surface area contributed by atoms with E-state index in [-0.39, 0.29) is 12.5 Å². The lowest BCUT2D eigenvalue weighted by molar-refractivity contribution is 0.0954. The fourth-order valence-corrected chi connectivity index (χ4v) is 4.45. The number of carbonyl (C=O) groups is 1. The second-order valence-corrected chi connectivity index (χ2v) is 8.30. The molecule has 0 radical (unpaired) electrons. The van der Waals surface area contributed by atoms with E-state index in [1.54, 1.807) is 0 Å². The summed E-state index contributed by atoms with van der Waals surface area (Å²) in [7, 11) is 0. The van der Waals surface area contributed by atoms with E-state index in [1.807, 2.05) is 30.5 Å². The van der Waals surface area contributed by atoms with Crippen LogP contribution in [-0.2, 0) is 12.8 Å². The Morgan fingerprint density at radius 2 is 2.00 bits per heavy atom. The number of aliphatic hydroxyl groups excluding tert-OH is 1. The summed E-state index contributed by atoms with van der Waals surface area (Å²) in [4.78, 5) is 18.2. The molecule has 158 valence electrons. The summed E-state index contributed by atoms with van der Waals surface area (Å²) in [5.41, 5.74) is 4.37. The van der Waals surface area contributed by atoms with Crippen LogP contribution in [0.1, 0.15) is 34.3 Å². The zero-order valence-corrected chi connectivity index (χ0v) is 17.4. The minimum atomic E-state index is -0.0163. The van der Waals surface area contributed by atoms with Crippen molar-refractivity contribution in [1.82, 2.24) is 15.2 Å². The molecule has 30 heavy (non-hydrogen) atoms. The quantitative estimate of drug-likeness (QED) is 0.511. The number of hydrogen-bond donors (Lipinski definition) is 3. The highest BCUT2D eigenvalue weighted by Gasteiger charge is 2.22. The molecule has 5 heteroatoms. The first-order chi connectivity index (χ1) is 14.7. The van der Waals surface area contributed by atoms with E-state index in [2.05, 4.69) is 39.5 Å². The van der Waals surface area contributed by atoms with Gasteiger partial charge in [-0.1, -0.05) is 30.3 Å². The van der Waals surface area contributed by atoms with E-state index in [0.29, 0.717) is 18.0 Å². The molecule has 0 spiro atoms. The Morgan fingerprint density at radius 3 is 2.83 bits per heavy atom. The predicted molar refractivity (Wildman–Crippen MR) is 121 cm³/mol. The van der Waals surface area contributed by atoms with Crippen molar-refractivity contribution in [3.05, 3.63) is 71.4 Å². The number of aliphatic hydroxyl groups is 1. The number of amides is 1. The second-order valence-electron chi connectivity index (χ2n) is 8.30. The number of hydrogen-bond acceptors (Lipinski definition) is 3. The van der Waals surface area contributed by atoms with Crippen molar-refractivity contribution in [1.29, 1.82) is 0 Å². The van der Waals surface area contributed by atoms with Crippen LogP contribution in [0.25, 0.3) is 10.9 Å². The van der Waals surface area contributed by atoms with E-state index >= 15 is 0 Å². The normalized spacial score (nSPS) is 16.9. The Hall–Kier alpha value is -2.63. The van der Waals surface area contributed by atoms with Gasteiger partial charge in [0.2, 0.25) is 0 Å². The Bertz CT molecular complexity index is 964. The van der Waals surface area contributed by atoms with Crippen molar-refractivity contribution in [3.63, 3.8) is 0 Å². The average molecular weight is 406 g/mol. The zero-order chi connectivity index (χ0) is 20.8. The van der Waals surface area contributed by atoms with E-state index < -0.39 is 0 Å². The molecular weight excluding hydrogens is 374 g/mol. The maximum Gasteiger partial charge on any atom is 0.251 e. The molecule has 1 aromatic heterocycles. The van der Waals surface area contributed by atoms with E-state index in [4.69, 9.17) is 5.11 Å². The molecule has 0 aliphatic carbocycles. The number of aromatic nitrogens is 1. The molecule has 5 nitrogen and oxygen atoms in total. The number of rotatable bonds is 9. The maximum atomic E-state index is 12.5. The minimum absolute atomic E-state index is 0.0163. The van der Waals surface area contributed by atoms with Gasteiger partial charge in [0, 0.05) is 48.9 Å². The molecule has 1 aliphatic heterocycles. The van der Waals surface area contributed by atoms with Crippen molar-refractivity contribution in [3.8, 4) is 0 Å². The van der Waals surface area contributed by atoms with E-state index in [9.17, 15) is 4.79 Å². The molecule has 0 saturated carbocycles. The van der Waals surface area contributed by atoms with Crippen LogP contribution in [0, 0.1) is 5.92 Å².